The van der Waals surface area contributed by atoms with Gasteiger partial charge in [0, 0.05) is 30.6 Å². The van der Waals surface area contributed by atoms with Crippen molar-refractivity contribution in [2.45, 2.75) is 45.0 Å². The third kappa shape index (κ3) is 3.65. The zero-order chi connectivity index (χ0) is 15.7. The van der Waals surface area contributed by atoms with Crippen LogP contribution < -0.4 is 0 Å². The molecule has 4 heteroatoms. The Balaban J connectivity index is 1.62. The first-order chi connectivity index (χ1) is 10.5. The molecule has 2 aliphatic rings. The summed E-state index contributed by atoms with van der Waals surface area (Å²) in [6.07, 6.45) is 0.912. The van der Waals surface area contributed by atoms with E-state index in [2.05, 4.69) is 37.8 Å². The van der Waals surface area contributed by atoms with Crippen LogP contribution in [0.1, 0.15) is 32.3 Å². The first kappa shape index (κ1) is 16.3. The molecule has 0 saturated carbocycles. The van der Waals surface area contributed by atoms with Crippen molar-refractivity contribution in [2.24, 2.45) is 5.92 Å². The van der Waals surface area contributed by atoms with Gasteiger partial charge in [0.2, 0.25) is 0 Å². The third-order valence-electron chi connectivity index (χ3n) is 4.92. The van der Waals surface area contributed by atoms with Gasteiger partial charge in [-0.1, -0.05) is 30.7 Å². The quantitative estimate of drug-likeness (QED) is 0.849. The standard InChI is InChI=1S/C18H26ClNO2/c1-12-8-20(9-13(2)22-12)10-18-14(3)17(11-21-18)15-5-4-6-16(19)7-15/h4-7,12-14,17-18H,8-11H2,1-3H3. The Bertz CT molecular complexity index is 500. The number of halogens is 1. The number of hydrogen-bond acceptors (Lipinski definition) is 3. The van der Waals surface area contributed by atoms with Crippen LogP contribution in [0.4, 0.5) is 0 Å². The minimum Gasteiger partial charge on any atom is -0.376 e. The van der Waals surface area contributed by atoms with Crippen LogP contribution >= 0.6 is 11.6 Å². The molecule has 5 atom stereocenters. The lowest BCUT2D eigenvalue weighted by Crippen LogP contribution is -2.48. The topological polar surface area (TPSA) is 21.7 Å². The smallest absolute Gasteiger partial charge is 0.0734 e. The van der Waals surface area contributed by atoms with E-state index in [0.717, 1.165) is 31.3 Å². The molecule has 5 unspecified atom stereocenters. The maximum Gasteiger partial charge on any atom is 0.0734 e. The summed E-state index contributed by atoms with van der Waals surface area (Å²) in [6, 6.07) is 8.20. The molecule has 122 valence electrons. The summed E-state index contributed by atoms with van der Waals surface area (Å²) in [5.74, 6) is 0.950. The molecule has 2 fully saturated rings. The van der Waals surface area contributed by atoms with Gasteiger partial charge in [-0.3, -0.25) is 4.90 Å². The van der Waals surface area contributed by atoms with Crippen molar-refractivity contribution in [1.82, 2.24) is 4.90 Å². The Morgan fingerprint density at radius 2 is 1.91 bits per heavy atom. The second kappa shape index (κ2) is 6.88. The van der Waals surface area contributed by atoms with Crippen LogP contribution in [0, 0.1) is 5.92 Å². The van der Waals surface area contributed by atoms with Crippen molar-refractivity contribution < 1.29 is 9.47 Å². The Labute approximate surface area is 138 Å². The number of benzene rings is 1. The molecule has 1 aromatic carbocycles. The molecular weight excluding hydrogens is 298 g/mol. The first-order valence-corrected chi connectivity index (χ1v) is 8.65. The first-order valence-electron chi connectivity index (χ1n) is 8.28. The maximum absolute atomic E-state index is 6.13. The third-order valence-corrected chi connectivity index (χ3v) is 5.16. The van der Waals surface area contributed by atoms with Crippen molar-refractivity contribution in [3.63, 3.8) is 0 Å². The predicted octanol–water partition coefficient (Wildman–Crippen LogP) is 3.57. The number of hydrogen-bond donors (Lipinski definition) is 0. The van der Waals surface area contributed by atoms with Crippen LogP contribution in [0.3, 0.4) is 0 Å². The van der Waals surface area contributed by atoms with Crippen LogP contribution in [0.2, 0.25) is 5.02 Å². The Hall–Kier alpha value is -0.610. The maximum atomic E-state index is 6.13. The Morgan fingerprint density at radius 1 is 1.18 bits per heavy atom. The van der Waals surface area contributed by atoms with E-state index in [1.165, 1.54) is 5.56 Å². The monoisotopic (exact) mass is 323 g/mol. The van der Waals surface area contributed by atoms with Gasteiger partial charge in [-0.2, -0.15) is 0 Å². The van der Waals surface area contributed by atoms with E-state index in [1.807, 2.05) is 12.1 Å². The van der Waals surface area contributed by atoms with Gasteiger partial charge in [0.05, 0.1) is 24.9 Å². The van der Waals surface area contributed by atoms with Crippen LogP contribution in [-0.2, 0) is 9.47 Å². The summed E-state index contributed by atoms with van der Waals surface area (Å²) in [6.45, 7) is 10.4. The molecular formula is C18H26ClNO2. The molecule has 0 aromatic heterocycles. The van der Waals surface area contributed by atoms with Crippen molar-refractivity contribution in [1.29, 1.82) is 0 Å². The zero-order valence-corrected chi connectivity index (χ0v) is 14.4. The van der Waals surface area contributed by atoms with Gasteiger partial charge in [0.1, 0.15) is 0 Å². The molecule has 2 heterocycles. The number of rotatable bonds is 3. The Morgan fingerprint density at radius 3 is 2.59 bits per heavy atom. The van der Waals surface area contributed by atoms with Gasteiger partial charge in [0.25, 0.3) is 0 Å². The predicted molar refractivity (Wildman–Crippen MR) is 89.5 cm³/mol. The molecule has 3 nitrogen and oxygen atoms in total. The molecule has 0 bridgehead atoms. The molecule has 2 aliphatic heterocycles. The van der Waals surface area contributed by atoms with Gasteiger partial charge < -0.3 is 9.47 Å². The van der Waals surface area contributed by atoms with Gasteiger partial charge >= 0.3 is 0 Å². The minimum atomic E-state index is 0.293. The minimum absolute atomic E-state index is 0.293. The van der Waals surface area contributed by atoms with E-state index in [0.29, 0.717) is 30.1 Å². The average molecular weight is 324 g/mol. The number of nitrogens with zero attached hydrogens (tertiary/aromatic N) is 1. The molecule has 0 amide bonds. The van der Waals surface area contributed by atoms with E-state index < -0.39 is 0 Å². The highest BCUT2D eigenvalue weighted by Gasteiger charge is 2.36. The van der Waals surface area contributed by atoms with Crippen molar-refractivity contribution in [3.8, 4) is 0 Å². The number of ether oxygens (including phenoxy) is 2. The lowest BCUT2D eigenvalue weighted by molar-refractivity contribution is -0.0798. The largest absolute Gasteiger partial charge is 0.376 e. The fourth-order valence-corrected chi connectivity index (χ4v) is 4.03. The summed E-state index contributed by atoms with van der Waals surface area (Å²) in [7, 11) is 0. The lowest BCUT2D eigenvalue weighted by atomic mass is 9.86. The highest BCUT2D eigenvalue weighted by Crippen LogP contribution is 2.36. The molecule has 0 radical (unpaired) electrons. The van der Waals surface area contributed by atoms with Gasteiger partial charge in [-0.15, -0.1) is 0 Å². The zero-order valence-electron chi connectivity index (χ0n) is 13.7. The van der Waals surface area contributed by atoms with Gasteiger partial charge in [-0.05, 0) is 37.5 Å². The molecule has 2 saturated heterocycles. The summed E-state index contributed by atoms with van der Waals surface area (Å²) in [5, 5.41) is 0.809. The lowest BCUT2D eigenvalue weighted by Gasteiger charge is -2.37. The molecule has 1 aromatic rings. The second-order valence-corrected chi connectivity index (χ2v) is 7.30. The fourth-order valence-electron chi connectivity index (χ4n) is 3.83. The summed E-state index contributed by atoms with van der Waals surface area (Å²) >= 11 is 6.13. The van der Waals surface area contributed by atoms with Gasteiger partial charge in [0.15, 0.2) is 0 Å². The van der Waals surface area contributed by atoms with Gasteiger partial charge in [-0.25, -0.2) is 0 Å². The van der Waals surface area contributed by atoms with Crippen LogP contribution in [0.15, 0.2) is 24.3 Å². The SMILES string of the molecule is CC1CN(CC2OCC(c3cccc(Cl)c3)C2C)CC(C)O1. The summed E-state index contributed by atoms with van der Waals surface area (Å²) in [4.78, 5) is 2.49. The van der Waals surface area contributed by atoms with E-state index in [-0.39, 0.29) is 0 Å². The Kier molecular flexibility index (Phi) is 5.08. The van der Waals surface area contributed by atoms with Crippen molar-refractivity contribution in [2.75, 3.05) is 26.2 Å². The van der Waals surface area contributed by atoms with Crippen molar-refractivity contribution in [3.05, 3.63) is 34.9 Å². The summed E-state index contributed by atoms with van der Waals surface area (Å²) in [5.41, 5.74) is 1.30. The van der Waals surface area contributed by atoms with Crippen LogP contribution in [-0.4, -0.2) is 49.5 Å². The molecule has 0 N–H and O–H groups in total. The summed E-state index contributed by atoms with van der Waals surface area (Å²) < 4.78 is 11.9. The average Bonchev–Trinajstić information content (AvgIpc) is 2.79. The second-order valence-electron chi connectivity index (χ2n) is 6.87. The highest BCUT2D eigenvalue weighted by molar-refractivity contribution is 6.30. The van der Waals surface area contributed by atoms with E-state index in [4.69, 9.17) is 21.1 Å². The van der Waals surface area contributed by atoms with Crippen LogP contribution in [0.25, 0.3) is 0 Å². The normalized spacial score (nSPS) is 36.6. The number of morpholine rings is 1. The highest BCUT2D eigenvalue weighted by atomic mass is 35.5. The molecule has 0 aliphatic carbocycles. The van der Waals surface area contributed by atoms with Crippen molar-refractivity contribution >= 4 is 11.6 Å². The van der Waals surface area contributed by atoms with E-state index >= 15 is 0 Å². The molecule has 0 spiro atoms. The molecule has 3 rings (SSSR count). The van der Waals surface area contributed by atoms with Crippen LogP contribution in [0.5, 0.6) is 0 Å². The van der Waals surface area contributed by atoms with E-state index in [1.54, 1.807) is 0 Å². The fraction of sp³-hybridized carbons (Fsp3) is 0.667. The van der Waals surface area contributed by atoms with E-state index in [9.17, 15) is 0 Å². The molecule has 22 heavy (non-hydrogen) atoms.